The molecule has 0 aliphatic carbocycles. The Balaban J connectivity index is 2.84. The molecule has 1 aromatic rings. The lowest BCUT2D eigenvalue weighted by Gasteiger charge is -2.18. The molecular weight excluding hydrogens is 206 g/mol. The van der Waals surface area contributed by atoms with E-state index in [1.165, 1.54) is 7.11 Å². The number of aliphatic hydroxyl groups is 1. The predicted octanol–water partition coefficient (Wildman–Crippen LogP) is 0.829. The van der Waals surface area contributed by atoms with E-state index in [1.807, 2.05) is 43.3 Å². The van der Waals surface area contributed by atoms with Gasteiger partial charge in [-0.2, -0.15) is 0 Å². The third-order valence-electron chi connectivity index (χ3n) is 2.36. The quantitative estimate of drug-likeness (QED) is 0.768. The SMILES string of the molecule is COC(=O)C(O)Cc1ccccc1N(C)C. The van der Waals surface area contributed by atoms with Crippen molar-refractivity contribution in [3.63, 3.8) is 0 Å². The zero-order valence-electron chi connectivity index (χ0n) is 9.80. The smallest absolute Gasteiger partial charge is 0.335 e. The van der Waals surface area contributed by atoms with Crippen LogP contribution in [0.2, 0.25) is 0 Å². The number of ether oxygens (including phenoxy) is 1. The van der Waals surface area contributed by atoms with Crippen LogP contribution in [0.5, 0.6) is 0 Å². The van der Waals surface area contributed by atoms with E-state index >= 15 is 0 Å². The Morgan fingerprint density at radius 1 is 1.44 bits per heavy atom. The number of hydrogen-bond donors (Lipinski definition) is 1. The second kappa shape index (κ2) is 5.51. The maximum Gasteiger partial charge on any atom is 0.335 e. The van der Waals surface area contributed by atoms with Gasteiger partial charge in [0.25, 0.3) is 0 Å². The summed E-state index contributed by atoms with van der Waals surface area (Å²) < 4.78 is 4.48. The van der Waals surface area contributed by atoms with E-state index in [2.05, 4.69) is 4.74 Å². The molecule has 1 N–H and O–H groups in total. The van der Waals surface area contributed by atoms with E-state index in [1.54, 1.807) is 0 Å². The standard InChI is InChI=1S/C12H17NO3/c1-13(2)10-7-5-4-6-9(10)8-11(14)12(15)16-3/h4-7,11,14H,8H2,1-3H3. The van der Waals surface area contributed by atoms with Gasteiger partial charge in [-0.15, -0.1) is 0 Å². The molecule has 0 aliphatic heterocycles. The van der Waals surface area contributed by atoms with E-state index in [-0.39, 0.29) is 6.42 Å². The largest absolute Gasteiger partial charge is 0.467 e. The van der Waals surface area contributed by atoms with Gasteiger partial charge >= 0.3 is 5.97 Å². The van der Waals surface area contributed by atoms with Gasteiger partial charge in [-0.05, 0) is 11.6 Å². The molecule has 0 aliphatic rings. The van der Waals surface area contributed by atoms with Gasteiger partial charge in [-0.25, -0.2) is 4.79 Å². The highest BCUT2D eigenvalue weighted by Gasteiger charge is 2.17. The maximum atomic E-state index is 11.1. The monoisotopic (exact) mass is 223 g/mol. The molecule has 0 aromatic heterocycles. The minimum atomic E-state index is -1.11. The number of anilines is 1. The molecule has 0 amide bonds. The number of esters is 1. The number of para-hydroxylation sites is 1. The van der Waals surface area contributed by atoms with Crippen LogP contribution in [0.1, 0.15) is 5.56 Å². The molecule has 1 aromatic carbocycles. The number of carbonyl (C=O) groups excluding carboxylic acids is 1. The summed E-state index contributed by atoms with van der Waals surface area (Å²) in [6, 6.07) is 7.64. The fraction of sp³-hybridized carbons (Fsp3) is 0.417. The Labute approximate surface area is 95.5 Å². The van der Waals surface area contributed by atoms with E-state index in [4.69, 9.17) is 0 Å². The predicted molar refractivity (Wildman–Crippen MR) is 62.5 cm³/mol. The van der Waals surface area contributed by atoms with E-state index in [0.717, 1.165) is 11.3 Å². The summed E-state index contributed by atoms with van der Waals surface area (Å²) in [6.45, 7) is 0. The first-order valence-corrected chi connectivity index (χ1v) is 5.07. The first-order valence-electron chi connectivity index (χ1n) is 5.07. The number of nitrogens with zero attached hydrogens (tertiary/aromatic N) is 1. The second-order valence-electron chi connectivity index (χ2n) is 3.77. The van der Waals surface area contributed by atoms with Crippen LogP contribution in [0.25, 0.3) is 0 Å². The fourth-order valence-corrected chi connectivity index (χ4v) is 1.55. The van der Waals surface area contributed by atoms with E-state index < -0.39 is 12.1 Å². The summed E-state index contributed by atoms with van der Waals surface area (Å²) in [5.74, 6) is -0.603. The average Bonchev–Trinajstić information content (AvgIpc) is 2.28. The van der Waals surface area contributed by atoms with Gasteiger partial charge < -0.3 is 14.7 Å². The molecule has 88 valence electrons. The van der Waals surface area contributed by atoms with E-state index in [9.17, 15) is 9.90 Å². The first-order chi connectivity index (χ1) is 7.56. The highest BCUT2D eigenvalue weighted by atomic mass is 16.5. The summed E-state index contributed by atoms with van der Waals surface area (Å²) in [5.41, 5.74) is 1.91. The molecule has 0 heterocycles. The molecule has 0 bridgehead atoms. The Hall–Kier alpha value is -1.55. The highest BCUT2D eigenvalue weighted by molar-refractivity contribution is 5.75. The lowest BCUT2D eigenvalue weighted by Crippen LogP contribution is -2.25. The molecular formula is C12H17NO3. The maximum absolute atomic E-state index is 11.1. The fourth-order valence-electron chi connectivity index (χ4n) is 1.55. The Morgan fingerprint density at radius 2 is 2.06 bits per heavy atom. The van der Waals surface area contributed by atoms with Gasteiger partial charge in [0.2, 0.25) is 0 Å². The summed E-state index contributed by atoms with van der Waals surface area (Å²) in [5, 5.41) is 9.58. The van der Waals surface area contributed by atoms with Gasteiger partial charge in [0.15, 0.2) is 6.10 Å². The molecule has 0 radical (unpaired) electrons. The Kier molecular flexibility index (Phi) is 4.31. The minimum absolute atomic E-state index is 0.265. The molecule has 1 rings (SSSR count). The Bertz CT molecular complexity index is 363. The van der Waals surface area contributed by atoms with Crippen molar-refractivity contribution < 1.29 is 14.6 Å². The van der Waals surface area contributed by atoms with Gasteiger partial charge in [-0.3, -0.25) is 0 Å². The van der Waals surface area contributed by atoms with Crippen molar-refractivity contribution in [1.29, 1.82) is 0 Å². The minimum Gasteiger partial charge on any atom is -0.467 e. The van der Waals surface area contributed by atoms with Crippen LogP contribution < -0.4 is 4.90 Å². The number of rotatable bonds is 4. The van der Waals surface area contributed by atoms with Crippen molar-refractivity contribution >= 4 is 11.7 Å². The highest BCUT2D eigenvalue weighted by Crippen LogP contribution is 2.19. The van der Waals surface area contributed by atoms with Crippen LogP contribution in [0.3, 0.4) is 0 Å². The van der Waals surface area contributed by atoms with Crippen LogP contribution in [0.4, 0.5) is 5.69 Å². The molecule has 1 unspecified atom stereocenters. The molecule has 16 heavy (non-hydrogen) atoms. The summed E-state index contributed by atoms with van der Waals surface area (Å²) >= 11 is 0. The number of carbonyl (C=O) groups is 1. The van der Waals surface area contributed by atoms with Crippen molar-refractivity contribution in [2.45, 2.75) is 12.5 Å². The summed E-state index contributed by atoms with van der Waals surface area (Å²) in [6.07, 6.45) is -0.841. The number of hydrogen-bond acceptors (Lipinski definition) is 4. The van der Waals surface area contributed by atoms with Gasteiger partial charge in [0.05, 0.1) is 7.11 Å². The summed E-state index contributed by atoms with van der Waals surface area (Å²) in [4.78, 5) is 13.1. The Morgan fingerprint density at radius 3 is 2.62 bits per heavy atom. The molecule has 4 heteroatoms. The van der Waals surface area contributed by atoms with Crippen LogP contribution in [-0.2, 0) is 16.0 Å². The zero-order valence-corrected chi connectivity index (χ0v) is 9.80. The third kappa shape index (κ3) is 2.97. The lowest BCUT2D eigenvalue weighted by atomic mass is 10.1. The first kappa shape index (κ1) is 12.5. The van der Waals surface area contributed by atoms with Gasteiger partial charge in [0, 0.05) is 26.2 Å². The zero-order chi connectivity index (χ0) is 12.1. The second-order valence-corrected chi connectivity index (χ2v) is 3.77. The lowest BCUT2D eigenvalue weighted by molar-refractivity contribution is -0.150. The van der Waals surface area contributed by atoms with Crippen molar-refractivity contribution in [3.05, 3.63) is 29.8 Å². The molecule has 0 spiro atoms. The average molecular weight is 223 g/mol. The van der Waals surface area contributed by atoms with Gasteiger partial charge in [0.1, 0.15) is 0 Å². The van der Waals surface area contributed by atoms with Crippen LogP contribution >= 0.6 is 0 Å². The van der Waals surface area contributed by atoms with Crippen molar-refractivity contribution in [2.24, 2.45) is 0 Å². The topological polar surface area (TPSA) is 49.8 Å². The normalized spacial score (nSPS) is 12.0. The van der Waals surface area contributed by atoms with Crippen molar-refractivity contribution in [1.82, 2.24) is 0 Å². The van der Waals surface area contributed by atoms with Crippen LogP contribution in [0.15, 0.2) is 24.3 Å². The van der Waals surface area contributed by atoms with E-state index in [0.29, 0.717) is 0 Å². The summed E-state index contributed by atoms with van der Waals surface area (Å²) in [7, 11) is 5.11. The number of methoxy groups -OCH3 is 1. The number of aliphatic hydroxyl groups excluding tert-OH is 1. The molecule has 0 saturated heterocycles. The number of benzene rings is 1. The van der Waals surface area contributed by atoms with Crippen LogP contribution in [-0.4, -0.2) is 38.4 Å². The van der Waals surface area contributed by atoms with Crippen molar-refractivity contribution in [2.75, 3.05) is 26.1 Å². The van der Waals surface area contributed by atoms with Crippen LogP contribution in [0, 0.1) is 0 Å². The molecule has 0 fully saturated rings. The molecule has 1 atom stereocenters. The van der Waals surface area contributed by atoms with Crippen molar-refractivity contribution in [3.8, 4) is 0 Å². The van der Waals surface area contributed by atoms with Gasteiger partial charge in [-0.1, -0.05) is 18.2 Å². The molecule has 4 nitrogen and oxygen atoms in total. The third-order valence-corrected chi connectivity index (χ3v) is 2.36. The molecule has 0 saturated carbocycles.